The van der Waals surface area contributed by atoms with Crippen LogP contribution in [0.25, 0.3) is 0 Å². The van der Waals surface area contributed by atoms with E-state index < -0.39 is 0 Å². The second-order valence-electron chi connectivity index (χ2n) is 11.1. The molecule has 4 fully saturated rings. The normalized spacial score (nSPS) is 30.7. The Kier molecular flexibility index (Phi) is 5.36. The van der Waals surface area contributed by atoms with E-state index in [9.17, 15) is 9.90 Å². The van der Waals surface area contributed by atoms with Gasteiger partial charge in [0.2, 0.25) is 5.91 Å². The highest BCUT2D eigenvalue weighted by molar-refractivity contribution is 5.79. The molecule has 1 aromatic carbocycles. The third kappa shape index (κ3) is 4.03. The fraction of sp³-hybridized carbons (Fsp3) is 0.593. The van der Waals surface area contributed by atoms with Gasteiger partial charge in [-0.1, -0.05) is 30.3 Å². The molecule has 0 spiro atoms. The summed E-state index contributed by atoms with van der Waals surface area (Å²) in [5.41, 5.74) is 3.16. The van der Waals surface area contributed by atoms with Crippen LogP contribution in [0.3, 0.4) is 0 Å². The summed E-state index contributed by atoms with van der Waals surface area (Å²) < 4.78 is 0. The third-order valence-corrected chi connectivity index (χ3v) is 8.81. The molecule has 4 saturated carbocycles. The molecule has 2 heterocycles. The lowest BCUT2D eigenvalue weighted by Gasteiger charge is -2.58. The number of aliphatic hydroxyl groups excluding tert-OH is 1. The van der Waals surface area contributed by atoms with Crippen LogP contribution in [0.15, 0.2) is 36.7 Å². The van der Waals surface area contributed by atoms with E-state index in [4.69, 9.17) is 0 Å². The van der Waals surface area contributed by atoms with Gasteiger partial charge in [-0.25, -0.2) is 9.97 Å². The van der Waals surface area contributed by atoms with Crippen LogP contribution < -0.4 is 5.32 Å². The number of aromatic nitrogens is 2. The van der Waals surface area contributed by atoms with Gasteiger partial charge < -0.3 is 15.3 Å². The molecule has 1 aromatic heterocycles. The maximum atomic E-state index is 12.8. The fourth-order valence-corrected chi connectivity index (χ4v) is 7.60. The van der Waals surface area contributed by atoms with Gasteiger partial charge >= 0.3 is 0 Å². The molecular formula is C27H34N4O2. The van der Waals surface area contributed by atoms with Crippen molar-refractivity contribution in [2.75, 3.05) is 18.4 Å². The number of carbonyl (C=O) groups is 1. The predicted molar refractivity (Wildman–Crippen MR) is 126 cm³/mol. The number of amides is 1. The van der Waals surface area contributed by atoms with Crippen LogP contribution in [0.2, 0.25) is 0 Å². The van der Waals surface area contributed by atoms with E-state index in [0.29, 0.717) is 26.1 Å². The molecule has 7 rings (SSSR count). The summed E-state index contributed by atoms with van der Waals surface area (Å²) >= 11 is 0. The number of anilines is 1. The van der Waals surface area contributed by atoms with E-state index in [1.165, 1.54) is 38.5 Å². The van der Waals surface area contributed by atoms with Gasteiger partial charge in [-0.2, -0.15) is 0 Å². The maximum absolute atomic E-state index is 12.8. The van der Waals surface area contributed by atoms with Crippen molar-refractivity contribution in [3.8, 4) is 0 Å². The molecule has 2 N–H and O–H groups in total. The van der Waals surface area contributed by atoms with Crippen LogP contribution in [-0.4, -0.2) is 45.1 Å². The zero-order chi connectivity index (χ0) is 22.4. The number of nitrogens with one attached hydrogen (secondary N) is 1. The summed E-state index contributed by atoms with van der Waals surface area (Å²) in [6, 6.07) is 9.90. The molecule has 5 aliphatic rings. The standard InChI is InChI=1S/C27H34N4O2/c32-24(27-12-19-8-20(13-27)10-21(9-19)14-27)15-28-26-22-6-7-31(16-23(22)29-17-30-26)25(33)11-18-4-2-1-3-5-18/h1-5,17,19-21,24,32H,6-16H2,(H,28,29,30). The second-order valence-corrected chi connectivity index (χ2v) is 11.1. The third-order valence-electron chi connectivity index (χ3n) is 8.81. The first kappa shape index (κ1) is 21.1. The van der Waals surface area contributed by atoms with Crippen molar-refractivity contribution >= 4 is 11.7 Å². The van der Waals surface area contributed by atoms with E-state index in [1.54, 1.807) is 6.33 Å². The Labute approximate surface area is 195 Å². The quantitative estimate of drug-likeness (QED) is 0.709. The molecule has 4 bridgehead atoms. The molecule has 0 radical (unpaired) electrons. The topological polar surface area (TPSA) is 78.4 Å². The van der Waals surface area contributed by atoms with E-state index in [1.807, 2.05) is 35.2 Å². The first-order chi connectivity index (χ1) is 16.1. The zero-order valence-electron chi connectivity index (χ0n) is 19.2. The van der Waals surface area contributed by atoms with Gasteiger partial charge in [0.1, 0.15) is 12.1 Å². The number of hydrogen-bond acceptors (Lipinski definition) is 5. The van der Waals surface area contributed by atoms with Crippen LogP contribution in [0, 0.1) is 23.2 Å². The molecule has 4 aliphatic carbocycles. The number of benzene rings is 1. The molecule has 6 heteroatoms. The Morgan fingerprint density at radius 3 is 2.48 bits per heavy atom. The molecule has 1 aliphatic heterocycles. The van der Waals surface area contributed by atoms with Crippen LogP contribution in [0.5, 0.6) is 0 Å². The minimum Gasteiger partial charge on any atom is -0.391 e. The van der Waals surface area contributed by atoms with Gasteiger partial charge in [0, 0.05) is 18.7 Å². The number of nitrogens with zero attached hydrogens (tertiary/aromatic N) is 3. The summed E-state index contributed by atoms with van der Waals surface area (Å²) in [6.07, 6.45) is 10.2. The fourth-order valence-electron chi connectivity index (χ4n) is 7.60. The summed E-state index contributed by atoms with van der Waals surface area (Å²) in [5, 5.41) is 14.8. The van der Waals surface area contributed by atoms with Crippen molar-refractivity contribution in [1.82, 2.24) is 14.9 Å². The van der Waals surface area contributed by atoms with Crippen LogP contribution in [0.4, 0.5) is 5.82 Å². The highest BCUT2D eigenvalue weighted by Gasteiger charge is 2.53. The Morgan fingerprint density at radius 1 is 1.09 bits per heavy atom. The molecule has 1 atom stereocenters. The first-order valence-electron chi connectivity index (χ1n) is 12.6. The smallest absolute Gasteiger partial charge is 0.227 e. The largest absolute Gasteiger partial charge is 0.391 e. The maximum Gasteiger partial charge on any atom is 0.227 e. The lowest BCUT2D eigenvalue weighted by Crippen LogP contribution is -2.53. The highest BCUT2D eigenvalue weighted by Crippen LogP contribution is 2.61. The van der Waals surface area contributed by atoms with Crippen molar-refractivity contribution in [2.24, 2.45) is 23.2 Å². The summed E-state index contributed by atoms with van der Waals surface area (Å²) in [5.74, 6) is 3.46. The van der Waals surface area contributed by atoms with E-state index in [0.717, 1.165) is 46.8 Å². The minimum atomic E-state index is -0.330. The second kappa shape index (κ2) is 8.39. The van der Waals surface area contributed by atoms with Gasteiger partial charge in [0.15, 0.2) is 0 Å². The number of carbonyl (C=O) groups excluding carboxylic acids is 1. The van der Waals surface area contributed by atoms with Gasteiger partial charge in [0.05, 0.1) is 24.8 Å². The Hall–Kier alpha value is -2.47. The van der Waals surface area contributed by atoms with Gasteiger partial charge in [0.25, 0.3) is 0 Å². The molecule has 2 aromatic rings. The monoisotopic (exact) mass is 446 g/mol. The SMILES string of the molecule is O=C(Cc1ccccc1)N1CCc2c(ncnc2NCC(O)C23CC4CC(CC(C4)C2)C3)C1. The Morgan fingerprint density at radius 2 is 1.79 bits per heavy atom. The predicted octanol–water partition coefficient (Wildman–Crippen LogP) is 3.59. The van der Waals surface area contributed by atoms with Crippen LogP contribution in [0.1, 0.15) is 55.3 Å². The molecule has 1 amide bonds. The molecule has 6 nitrogen and oxygen atoms in total. The van der Waals surface area contributed by atoms with Crippen molar-refractivity contribution in [3.05, 3.63) is 53.5 Å². The first-order valence-corrected chi connectivity index (χ1v) is 12.6. The Bertz CT molecular complexity index is 989. The molecule has 33 heavy (non-hydrogen) atoms. The average Bonchev–Trinajstić information content (AvgIpc) is 2.82. The number of aliphatic hydroxyl groups is 1. The minimum absolute atomic E-state index is 0.107. The molecule has 1 unspecified atom stereocenters. The molecule has 0 saturated heterocycles. The highest BCUT2D eigenvalue weighted by atomic mass is 16.3. The number of rotatable bonds is 6. The van der Waals surface area contributed by atoms with Gasteiger partial charge in [-0.3, -0.25) is 4.79 Å². The van der Waals surface area contributed by atoms with E-state index in [-0.39, 0.29) is 17.4 Å². The van der Waals surface area contributed by atoms with E-state index >= 15 is 0 Å². The zero-order valence-corrected chi connectivity index (χ0v) is 19.2. The van der Waals surface area contributed by atoms with Crippen molar-refractivity contribution < 1.29 is 9.90 Å². The van der Waals surface area contributed by atoms with E-state index in [2.05, 4.69) is 15.3 Å². The van der Waals surface area contributed by atoms with Crippen LogP contribution >= 0.6 is 0 Å². The average molecular weight is 447 g/mol. The summed E-state index contributed by atoms with van der Waals surface area (Å²) in [6.45, 7) is 1.75. The lowest BCUT2D eigenvalue weighted by molar-refractivity contribution is -0.131. The van der Waals surface area contributed by atoms with Gasteiger partial charge in [-0.05, 0) is 73.7 Å². The van der Waals surface area contributed by atoms with Gasteiger partial charge in [-0.15, -0.1) is 0 Å². The van der Waals surface area contributed by atoms with Crippen molar-refractivity contribution in [2.45, 2.75) is 64.0 Å². The number of fused-ring (bicyclic) bond motifs is 1. The van der Waals surface area contributed by atoms with Crippen molar-refractivity contribution in [3.63, 3.8) is 0 Å². The molecular weight excluding hydrogens is 412 g/mol. The summed E-state index contributed by atoms with van der Waals surface area (Å²) in [4.78, 5) is 23.7. The summed E-state index contributed by atoms with van der Waals surface area (Å²) in [7, 11) is 0. The Balaban J connectivity index is 1.11. The molecule has 174 valence electrons. The number of hydrogen-bond donors (Lipinski definition) is 2. The van der Waals surface area contributed by atoms with Crippen LogP contribution in [-0.2, 0) is 24.2 Å². The lowest BCUT2D eigenvalue weighted by atomic mass is 9.48. The van der Waals surface area contributed by atoms with Crippen molar-refractivity contribution in [1.29, 1.82) is 0 Å².